The van der Waals surface area contributed by atoms with Crippen molar-refractivity contribution in [1.29, 1.82) is 0 Å². The zero-order valence-electron chi connectivity index (χ0n) is 10.3. The number of halogens is 1. The van der Waals surface area contributed by atoms with Crippen molar-refractivity contribution in [1.82, 2.24) is 14.9 Å². The third-order valence-corrected chi connectivity index (χ3v) is 4.29. The lowest BCUT2D eigenvalue weighted by atomic mass is 10.1. The first kappa shape index (κ1) is 12.0. The standard InChI is InChI=1S/C13H16BrN3O/c1-8(18)17-6-2-3-12(17)13-15-10-5-4-9(14)7-11(10)16-13/h4-5,9,12H,2-3,6-7H2,1H3,(H,15,16). The van der Waals surface area contributed by atoms with Crippen molar-refractivity contribution in [2.75, 3.05) is 6.54 Å². The Morgan fingerprint density at radius 3 is 3.22 bits per heavy atom. The van der Waals surface area contributed by atoms with E-state index < -0.39 is 0 Å². The lowest BCUT2D eigenvalue weighted by Crippen LogP contribution is -2.28. The highest BCUT2D eigenvalue weighted by atomic mass is 79.9. The van der Waals surface area contributed by atoms with Crippen molar-refractivity contribution in [3.63, 3.8) is 0 Å². The molecule has 0 aromatic carbocycles. The number of alkyl halides is 1. The van der Waals surface area contributed by atoms with E-state index in [9.17, 15) is 4.79 Å². The number of likely N-dealkylation sites (tertiary alicyclic amines) is 1. The second-order valence-corrected chi connectivity index (χ2v) is 6.11. The molecule has 1 aliphatic heterocycles. The van der Waals surface area contributed by atoms with Gasteiger partial charge in [0.2, 0.25) is 5.91 Å². The van der Waals surface area contributed by atoms with Crippen LogP contribution in [0.3, 0.4) is 0 Å². The molecule has 2 atom stereocenters. The van der Waals surface area contributed by atoms with Crippen LogP contribution in [0.4, 0.5) is 0 Å². The maximum atomic E-state index is 11.6. The Hall–Kier alpha value is -1.10. The molecule has 1 fully saturated rings. The van der Waals surface area contributed by atoms with Crippen LogP contribution in [0.2, 0.25) is 0 Å². The number of imidazole rings is 1. The normalized spacial score (nSPS) is 26.4. The molecular weight excluding hydrogens is 294 g/mol. The number of hydrogen-bond acceptors (Lipinski definition) is 2. The van der Waals surface area contributed by atoms with Crippen molar-refractivity contribution in [3.8, 4) is 0 Å². The number of nitrogens with zero attached hydrogens (tertiary/aromatic N) is 2. The molecule has 0 radical (unpaired) electrons. The Kier molecular flexibility index (Phi) is 3.01. The van der Waals surface area contributed by atoms with Crippen molar-refractivity contribution in [3.05, 3.63) is 23.3 Å². The minimum absolute atomic E-state index is 0.135. The number of hydrogen-bond donors (Lipinski definition) is 1. The maximum absolute atomic E-state index is 11.6. The lowest BCUT2D eigenvalue weighted by Gasteiger charge is -2.21. The van der Waals surface area contributed by atoms with Crippen molar-refractivity contribution >= 4 is 27.9 Å². The summed E-state index contributed by atoms with van der Waals surface area (Å²) in [6.45, 7) is 2.48. The van der Waals surface area contributed by atoms with E-state index in [0.717, 1.165) is 37.3 Å². The molecule has 2 aliphatic rings. The number of nitrogens with one attached hydrogen (secondary N) is 1. The van der Waals surface area contributed by atoms with Gasteiger partial charge in [-0.15, -0.1) is 0 Å². The second kappa shape index (κ2) is 4.53. The van der Waals surface area contributed by atoms with Crippen LogP contribution >= 0.6 is 15.9 Å². The van der Waals surface area contributed by atoms with Crippen molar-refractivity contribution < 1.29 is 4.79 Å². The topological polar surface area (TPSA) is 49.0 Å². The molecule has 18 heavy (non-hydrogen) atoms. The predicted molar refractivity (Wildman–Crippen MR) is 73.4 cm³/mol. The number of aromatic nitrogens is 2. The van der Waals surface area contributed by atoms with Gasteiger partial charge in [0, 0.05) is 30.4 Å². The summed E-state index contributed by atoms with van der Waals surface area (Å²) < 4.78 is 0. The van der Waals surface area contributed by atoms with Gasteiger partial charge in [-0.3, -0.25) is 4.79 Å². The molecule has 1 aromatic heterocycles. The number of aromatic amines is 1. The first-order chi connectivity index (χ1) is 8.65. The van der Waals surface area contributed by atoms with Gasteiger partial charge >= 0.3 is 0 Å². The van der Waals surface area contributed by atoms with Crippen LogP contribution in [-0.2, 0) is 11.2 Å². The summed E-state index contributed by atoms with van der Waals surface area (Å²) in [6, 6.07) is 0.135. The molecule has 0 spiro atoms. The number of rotatable bonds is 1. The van der Waals surface area contributed by atoms with E-state index in [4.69, 9.17) is 0 Å². The fourth-order valence-corrected chi connectivity index (χ4v) is 3.26. The predicted octanol–water partition coefficient (Wildman–Crippen LogP) is 2.43. The van der Waals surface area contributed by atoms with Gasteiger partial charge < -0.3 is 9.88 Å². The Balaban J connectivity index is 1.90. The van der Waals surface area contributed by atoms with Crippen molar-refractivity contribution in [2.45, 2.75) is 37.1 Å². The van der Waals surface area contributed by atoms with Gasteiger partial charge in [-0.05, 0) is 18.9 Å². The summed E-state index contributed by atoms with van der Waals surface area (Å²) in [5, 5.41) is 0. The fraction of sp³-hybridized carbons (Fsp3) is 0.538. The highest BCUT2D eigenvalue weighted by Gasteiger charge is 2.31. The number of fused-ring (bicyclic) bond motifs is 1. The van der Waals surface area contributed by atoms with Crippen molar-refractivity contribution in [2.24, 2.45) is 0 Å². The molecule has 2 unspecified atom stereocenters. The molecule has 1 aromatic rings. The average Bonchev–Trinajstić information content (AvgIpc) is 2.93. The Morgan fingerprint density at radius 2 is 2.44 bits per heavy atom. The molecule has 1 aliphatic carbocycles. The van der Waals surface area contributed by atoms with Gasteiger partial charge in [-0.1, -0.05) is 22.0 Å². The summed E-state index contributed by atoms with van der Waals surface area (Å²) in [6.07, 6.45) is 7.17. The number of allylic oxidation sites excluding steroid dienone is 1. The number of carbonyl (C=O) groups excluding carboxylic acids is 1. The minimum atomic E-state index is 0.135. The van der Waals surface area contributed by atoms with Gasteiger partial charge in [-0.2, -0.15) is 0 Å². The molecule has 1 saturated heterocycles. The second-order valence-electron chi connectivity index (χ2n) is 4.94. The van der Waals surface area contributed by atoms with E-state index in [1.807, 2.05) is 11.0 Å². The van der Waals surface area contributed by atoms with E-state index in [-0.39, 0.29) is 11.9 Å². The smallest absolute Gasteiger partial charge is 0.220 e. The van der Waals surface area contributed by atoms with Crippen LogP contribution in [0.15, 0.2) is 6.08 Å². The zero-order valence-corrected chi connectivity index (χ0v) is 11.9. The van der Waals surface area contributed by atoms with Crippen LogP contribution in [-0.4, -0.2) is 32.1 Å². The summed E-state index contributed by atoms with van der Waals surface area (Å²) in [5.74, 6) is 1.08. The highest BCUT2D eigenvalue weighted by molar-refractivity contribution is 9.09. The quantitative estimate of drug-likeness (QED) is 0.810. The van der Waals surface area contributed by atoms with Crippen LogP contribution in [0.25, 0.3) is 6.08 Å². The Bertz CT molecular complexity index is 508. The van der Waals surface area contributed by atoms with Gasteiger partial charge in [0.15, 0.2) is 0 Å². The number of H-pyrrole nitrogens is 1. The first-order valence-electron chi connectivity index (χ1n) is 6.33. The molecule has 0 bridgehead atoms. The minimum Gasteiger partial charge on any atom is -0.344 e. The Labute approximate surface area is 115 Å². The summed E-state index contributed by atoms with van der Waals surface area (Å²) >= 11 is 3.59. The zero-order chi connectivity index (χ0) is 12.7. The summed E-state index contributed by atoms with van der Waals surface area (Å²) in [7, 11) is 0. The average molecular weight is 310 g/mol. The molecule has 96 valence electrons. The summed E-state index contributed by atoms with van der Waals surface area (Å²) in [4.78, 5) is 21.9. The largest absolute Gasteiger partial charge is 0.344 e. The van der Waals surface area contributed by atoms with E-state index in [2.05, 4.69) is 32.0 Å². The fourth-order valence-electron chi connectivity index (χ4n) is 2.78. The molecular formula is C13H16BrN3O. The lowest BCUT2D eigenvalue weighted by molar-refractivity contribution is -0.129. The van der Waals surface area contributed by atoms with Gasteiger partial charge in [0.05, 0.1) is 11.7 Å². The van der Waals surface area contributed by atoms with E-state index >= 15 is 0 Å². The number of amides is 1. The molecule has 3 rings (SSSR count). The van der Waals surface area contributed by atoms with E-state index in [1.165, 1.54) is 5.69 Å². The molecule has 4 nitrogen and oxygen atoms in total. The molecule has 1 amide bonds. The van der Waals surface area contributed by atoms with Crippen LogP contribution < -0.4 is 0 Å². The third kappa shape index (κ3) is 2.00. The van der Waals surface area contributed by atoms with Gasteiger partial charge in [-0.25, -0.2) is 4.98 Å². The molecule has 5 heteroatoms. The Morgan fingerprint density at radius 1 is 1.61 bits per heavy atom. The molecule has 0 saturated carbocycles. The SMILES string of the molecule is CC(=O)N1CCCC1c1nc2c([nH]1)CC(Br)C=C2. The number of carbonyl (C=O) groups is 1. The van der Waals surface area contributed by atoms with E-state index in [0.29, 0.717) is 4.83 Å². The van der Waals surface area contributed by atoms with E-state index in [1.54, 1.807) is 6.92 Å². The van der Waals surface area contributed by atoms with Crippen LogP contribution in [0.5, 0.6) is 0 Å². The first-order valence-corrected chi connectivity index (χ1v) is 7.25. The monoisotopic (exact) mass is 309 g/mol. The van der Waals surface area contributed by atoms with Gasteiger partial charge in [0.25, 0.3) is 0 Å². The van der Waals surface area contributed by atoms with Gasteiger partial charge in [0.1, 0.15) is 5.82 Å². The summed E-state index contributed by atoms with van der Waals surface area (Å²) in [5.41, 5.74) is 2.20. The van der Waals surface area contributed by atoms with Crippen LogP contribution in [0.1, 0.15) is 43.0 Å². The van der Waals surface area contributed by atoms with Crippen LogP contribution in [0, 0.1) is 0 Å². The maximum Gasteiger partial charge on any atom is 0.220 e. The highest BCUT2D eigenvalue weighted by Crippen LogP contribution is 2.32. The third-order valence-electron chi connectivity index (χ3n) is 3.66. The molecule has 2 heterocycles. The molecule has 1 N–H and O–H groups in total.